The molecule has 1 amide bonds. The van der Waals surface area contributed by atoms with Gasteiger partial charge in [-0.25, -0.2) is 0 Å². The summed E-state index contributed by atoms with van der Waals surface area (Å²) >= 11 is 0. The van der Waals surface area contributed by atoms with Crippen molar-refractivity contribution in [3.63, 3.8) is 0 Å². The Morgan fingerprint density at radius 2 is 2.09 bits per heavy atom. The third-order valence-corrected chi connectivity index (χ3v) is 4.77. The monoisotopic (exact) mass is 301 g/mol. The molecule has 0 bridgehead atoms. The second-order valence-electron chi connectivity index (χ2n) is 6.30. The first-order valence-corrected chi connectivity index (χ1v) is 7.98. The van der Waals surface area contributed by atoms with Gasteiger partial charge in [-0.2, -0.15) is 5.26 Å². The van der Waals surface area contributed by atoms with E-state index in [-0.39, 0.29) is 5.91 Å². The van der Waals surface area contributed by atoms with Crippen LogP contribution in [0.1, 0.15) is 28.9 Å². The van der Waals surface area contributed by atoms with Gasteiger partial charge in [0.25, 0.3) is 5.91 Å². The van der Waals surface area contributed by atoms with Gasteiger partial charge in [-0.15, -0.1) is 0 Å². The molecule has 0 radical (unpaired) electrons. The molecule has 2 aliphatic heterocycles. The summed E-state index contributed by atoms with van der Waals surface area (Å²) in [5.74, 6) is 0.0261. The molecule has 1 aromatic heterocycles. The van der Waals surface area contributed by atoms with Crippen molar-refractivity contribution < 1.29 is 4.79 Å². The summed E-state index contributed by atoms with van der Waals surface area (Å²) in [7, 11) is 2.19. The zero-order valence-corrected chi connectivity index (χ0v) is 13.1. The molecule has 0 saturated carbocycles. The van der Waals surface area contributed by atoms with Crippen molar-refractivity contribution in [1.29, 1.82) is 5.26 Å². The predicted octanol–water partition coefficient (Wildman–Crippen LogP) is 0.738. The molecule has 1 aromatic rings. The number of nitrogens with zero attached hydrogens (tertiary/aromatic N) is 4. The molecule has 0 spiro atoms. The van der Waals surface area contributed by atoms with Crippen molar-refractivity contribution in [1.82, 2.24) is 19.7 Å². The molecule has 118 valence electrons. The Morgan fingerprint density at radius 3 is 2.73 bits per heavy atom. The van der Waals surface area contributed by atoms with Gasteiger partial charge in [-0.3, -0.25) is 9.69 Å². The summed E-state index contributed by atoms with van der Waals surface area (Å²) in [5.41, 5.74) is 1.02. The maximum atomic E-state index is 12.4. The number of amides is 1. The van der Waals surface area contributed by atoms with Gasteiger partial charge >= 0.3 is 0 Å². The number of hydrogen-bond donors (Lipinski definition) is 1. The fourth-order valence-electron chi connectivity index (χ4n) is 3.49. The number of aromatic amines is 1. The van der Waals surface area contributed by atoms with Crippen LogP contribution in [0, 0.1) is 11.3 Å². The van der Waals surface area contributed by atoms with Crippen molar-refractivity contribution in [2.45, 2.75) is 18.9 Å². The zero-order valence-electron chi connectivity index (χ0n) is 13.1. The SMILES string of the molecule is CN1CCCC(N2CCN(C(=O)c3c[nH]c(C#N)c3)CC2)C1. The minimum atomic E-state index is 0.0261. The molecule has 3 rings (SSSR count). The van der Waals surface area contributed by atoms with Crippen LogP contribution in [-0.2, 0) is 0 Å². The third-order valence-electron chi connectivity index (χ3n) is 4.77. The number of nitriles is 1. The second kappa shape index (κ2) is 6.51. The van der Waals surface area contributed by atoms with Gasteiger partial charge in [0.15, 0.2) is 0 Å². The number of hydrogen-bond acceptors (Lipinski definition) is 4. The molecule has 2 aliphatic rings. The number of carbonyl (C=O) groups is 1. The quantitative estimate of drug-likeness (QED) is 0.875. The predicted molar refractivity (Wildman–Crippen MR) is 83.5 cm³/mol. The molecule has 0 aromatic carbocycles. The standard InChI is InChI=1S/C16H23N5O/c1-19-4-2-3-15(12-19)20-5-7-21(8-6-20)16(22)13-9-14(10-17)18-11-13/h9,11,15,18H,2-8,12H2,1H3. The van der Waals surface area contributed by atoms with E-state index in [1.165, 1.54) is 19.4 Å². The number of likely N-dealkylation sites (tertiary alicyclic amines) is 1. The van der Waals surface area contributed by atoms with Crippen LogP contribution >= 0.6 is 0 Å². The lowest BCUT2D eigenvalue weighted by Gasteiger charge is -2.42. The molecule has 6 nitrogen and oxygen atoms in total. The van der Waals surface area contributed by atoms with E-state index in [4.69, 9.17) is 5.26 Å². The van der Waals surface area contributed by atoms with Gasteiger partial charge in [-0.05, 0) is 32.5 Å². The Hall–Kier alpha value is -1.84. The van der Waals surface area contributed by atoms with Crippen molar-refractivity contribution in [2.24, 2.45) is 0 Å². The van der Waals surface area contributed by atoms with E-state index in [2.05, 4.69) is 21.8 Å². The topological polar surface area (TPSA) is 66.4 Å². The Labute approximate surface area is 131 Å². The third kappa shape index (κ3) is 3.16. The van der Waals surface area contributed by atoms with Crippen molar-refractivity contribution in [3.8, 4) is 6.07 Å². The largest absolute Gasteiger partial charge is 0.352 e. The number of nitrogens with one attached hydrogen (secondary N) is 1. The Bertz CT molecular complexity index is 567. The number of aromatic nitrogens is 1. The molecule has 1 unspecified atom stereocenters. The molecule has 1 atom stereocenters. The summed E-state index contributed by atoms with van der Waals surface area (Å²) in [5, 5.41) is 8.83. The fourth-order valence-corrected chi connectivity index (χ4v) is 3.49. The summed E-state index contributed by atoms with van der Waals surface area (Å²) in [6.07, 6.45) is 4.16. The van der Waals surface area contributed by atoms with Crippen LogP contribution in [0.25, 0.3) is 0 Å². The Kier molecular flexibility index (Phi) is 4.46. The van der Waals surface area contributed by atoms with Crippen LogP contribution in [0.3, 0.4) is 0 Å². The highest BCUT2D eigenvalue weighted by molar-refractivity contribution is 5.94. The van der Waals surface area contributed by atoms with E-state index in [0.29, 0.717) is 17.3 Å². The summed E-state index contributed by atoms with van der Waals surface area (Å²) in [6, 6.07) is 4.28. The molecule has 0 aliphatic carbocycles. The number of piperidine rings is 1. The summed E-state index contributed by atoms with van der Waals surface area (Å²) in [4.78, 5) is 22.1. The smallest absolute Gasteiger partial charge is 0.255 e. The van der Waals surface area contributed by atoms with E-state index in [1.54, 1.807) is 12.3 Å². The Balaban J connectivity index is 1.55. The molecule has 2 saturated heterocycles. The molecule has 2 fully saturated rings. The lowest BCUT2D eigenvalue weighted by molar-refractivity contribution is 0.0452. The molecule has 1 N–H and O–H groups in total. The van der Waals surface area contributed by atoms with Crippen LogP contribution in [-0.4, -0.2) is 77.9 Å². The van der Waals surface area contributed by atoms with Crippen molar-refractivity contribution >= 4 is 5.91 Å². The minimum absolute atomic E-state index is 0.0261. The first-order valence-electron chi connectivity index (χ1n) is 7.98. The second-order valence-corrected chi connectivity index (χ2v) is 6.30. The average molecular weight is 301 g/mol. The molecular formula is C16H23N5O. The number of carbonyl (C=O) groups excluding carboxylic acids is 1. The highest BCUT2D eigenvalue weighted by Crippen LogP contribution is 2.17. The van der Waals surface area contributed by atoms with Crippen LogP contribution in [0.4, 0.5) is 0 Å². The normalized spacial score (nSPS) is 24.2. The lowest BCUT2D eigenvalue weighted by Crippen LogP contribution is -2.55. The summed E-state index contributed by atoms with van der Waals surface area (Å²) in [6.45, 7) is 5.76. The van der Waals surface area contributed by atoms with Gasteiger partial charge < -0.3 is 14.8 Å². The first-order chi connectivity index (χ1) is 10.7. The van der Waals surface area contributed by atoms with Crippen molar-refractivity contribution in [3.05, 3.63) is 23.5 Å². The Morgan fingerprint density at radius 1 is 1.32 bits per heavy atom. The highest BCUT2D eigenvalue weighted by atomic mass is 16.2. The molecule has 6 heteroatoms. The van der Waals surface area contributed by atoms with E-state index < -0.39 is 0 Å². The van der Waals surface area contributed by atoms with Gasteiger partial charge in [0.1, 0.15) is 11.8 Å². The lowest BCUT2D eigenvalue weighted by atomic mass is 10.0. The summed E-state index contributed by atoms with van der Waals surface area (Å²) < 4.78 is 0. The number of H-pyrrole nitrogens is 1. The maximum Gasteiger partial charge on any atom is 0.255 e. The van der Waals surface area contributed by atoms with E-state index >= 15 is 0 Å². The van der Waals surface area contributed by atoms with Crippen LogP contribution in [0.5, 0.6) is 0 Å². The van der Waals surface area contributed by atoms with E-state index in [1.807, 2.05) is 11.0 Å². The maximum absolute atomic E-state index is 12.4. The van der Waals surface area contributed by atoms with Crippen LogP contribution in [0.2, 0.25) is 0 Å². The van der Waals surface area contributed by atoms with Crippen molar-refractivity contribution in [2.75, 3.05) is 46.3 Å². The van der Waals surface area contributed by atoms with Gasteiger partial charge in [0.2, 0.25) is 0 Å². The van der Waals surface area contributed by atoms with E-state index in [0.717, 1.165) is 32.7 Å². The highest BCUT2D eigenvalue weighted by Gasteiger charge is 2.28. The average Bonchev–Trinajstić information content (AvgIpc) is 3.03. The van der Waals surface area contributed by atoms with E-state index in [9.17, 15) is 4.79 Å². The molecule has 22 heavy (non-hydrogen) atoms. The van der Waals surface area contributed by atoms with Gasteiger partial charge in [0.05, 0.1) is 5.56 Å². The van der Waals surface area contributed by atoms with Gasteiger partial charge in [0, 0.05) is 45.0 Å². The number of likely N-dealkylation sites (N-methyl/N-ethyl adjacent to an activating group) is 1. The molecular weight excluding hydrogens is 278 g/mol. The number of piperazine rings is 1. The fraction of sp³-hybridized carbons (Fsp3) is 0.625. The minimum Gasteiger partial charge on any atom is -0.352 e. The van der Waals surface area contributed by atoms with Crippen LogP contribution in [0.15, 0.2) is 12.3 Å². The molecule has 3 heterocycles. The first kappa shape index (κ1) is 15.1. The van der Waals surface area contributed by atoms with Crippen LogP contribution < -0.4 is 0 Å². The number of rotatable bonds is 2. The zero-order chi connectivity index (χ0) is 15.5. The van der Waals surface area contributed by atoms with Gasteiger partial charge in [-0.1, -0.05) is 0 Å².